The van der Waals surface area contributed by atoms with E-state index in [0.29, 0.717) is 12.1 Å². The van der Waals surface area contributed by atoms with Crippen molar-refractivity contribution < 1.29 is 9.18 Å². The molecule has 2 aromatic rings. The lowest BCUT2D eigenvalue weighted by atomic mass is 9.96. The summed E-state index contributed by atoms with van der Waals surface area (Å²) in [6.45, 7) is 0.691. The number of amides is 1. The van der Waals surface area contributed by atoms with Crippen molar-refractivity contribution in [2.75, 3.05) is 6.54 Å². The van der Waals surface area contributed by atoms with Gasteiger partial charge in [-0.1, -0.05) is 48.5 Å². The molecule has 2 saturated carbocycles. The van der Waals surface area contributed by atoms with Crippen LogP contribution in [0.4, 0.5) is 4.39 Å². The normalized spacial score (nSPS) is 24.0. The highest BCUT2D eigenvalue weighted by molar-refractivity contribution is 5.83. The molecule has 2 unspecified atom stereocenters. The van der Waals surface area contributed by atoms with Crippen molar-refractivity contribution in [1.82, 2.24) is 5.32 Å². The maximum absolute atomic E-state index is 13.8. The zero-order valence-corrected chi connectivity index (χ0v) is 13.0. The Balaban J connectivity index is 1.36. The van der Waals surface area contributed by atoms with Crippen LogP contribution >= 0.6 is 0 Å². The highest BCUT2D eigenvalue weighted by Gasteiger charge is 2.48. The SMILES string of the molecule is O=C(NCC1(c2ccccc2)CC1)C1CC1c1ccccc1F. The van der Waals surface area contributed by atoms with Crippen LogP contribution in [-0.4, -0.2) is 12.5 Å². The maximum Gasteiger partial charge on any atom is 0.223 e. The summed E-state index contributed by atoms with van der Waals surface area (Å²) in [5.41, 5.74) is 2.11. The predicted octanol–water partition coefficient (Wildman–Crippen LogP) is 3.78. The van der Waals surface area contributed by atoms with Crippen molar-refractivity contribution in [3.63, 3.8) is 0 Å². The summed E-state index contributed by atoms with van der Waals surface area (Å²) in [5.74, 6) is -0.155. The second-order valence-electron chi connectivity index (χ2n) is 6.83. The molecule has 23 heavy (non-hydrogen) atoms. The lowest BCUT2D eigenvalue weighted by molar-refractivity contribution is -0.122. The van der Waals surface area contributed by atoms with Crippen molar-refractivity contribution in [1.29, 1.82) is 0 Å². The first kappa shape index (κ1) is 14.4. The zero-order chi connectivity index (χ0) is 15.9. The topological polar surface area (TPSA) is 29.1 Å². The van der Waals surface area contributed by atoms with E-state index in [1.165, 1.54) is 11.6 Å². The first-order valence-electron chi connectivity index (χ1n) is 8.27. The van der Waals surface area contributed by atoms with E-state index >= 15 is 0 Å². The van der Waals surface area contributed by atoms with Crippen molar-refractivity contribution in [3.05, 3.63) is 71.5 Å². The minimum Gasteiger partial charge on any atom is -0.355 e. The van der Waals surface area contributed by atoms with Gasteiger partial charge in [0, 0.05) is 17.9 Å². The summed E-state index contributed by atoms with van der Waals surface area (Å²) in [4.78, 5) is 12.4. The average molecular weight is 309 g/mol. The molecule has 0 aliphatic heterocycles. The molecule has 118 valence electrons. The Kier molecular flexibility index (Phi) is 3.44. The third kappa shape index (κ3) is 2.76. The molecule has 1 amide bonds. The fourth-order valence-electron chi connectivity index (χ4n) is 3.50. The highest BCUT2D eigenvalue weighted by Crippen LogP contribution is 2.50. The number of nitrogens with one attached hydrogen (secondary N) is 1. The van der Waals surface area contributed by atoms with Crippen LogP contribution in [0.2, 0.25) is 0 Å². The van der Waals surface area contributed by atoms with Gasteiger partial charge in [-0.05, 0) is 42.4 Å². The number of carbonyl (C=O) groups is 1. The molecular formula is C20H20FNO. The molecule has 0 bridgehead atoms. The first-order valence-corrected chi connectivity index (χ1v) is 8.27. The summed E-state index contributed by atoms with van der Waals surface area (Å²) in [6, 6.07) is 17.2. The van der Waals surface area contributed by atoms with E-state index in [1.54, 1.807) is 12.1 Å². The number of halogens is 1. The smallest absolute Gasteiger partial charge is 0.223 e. The molecule has 2 fully saturated rings. The summed E-state index contributed by atoms with van der Waals surface area (Å²) < 4.78 is 13.8. The van der Waals surface area contributed by atoms with E-state index < -0.39 is 0 Å². The van der Waals surface area contributed by atoms with Crippen molar-refractivity contribution in [2.24, 2.45) is 5.92 Å². The maximum atomic E-state index is 13.8. The summed E-state index contributed by atoms with van der Waals surface area (Å²) in [6.07, 6.45) is 3.00. The van der Waals surface area contributed by atoms with Gasteiger partial charge >= 0.3 is 0 Å². The molecule has 2 aliphatic rings. The van der Waals surface area contributed by atoms with E-state index in [2.05, 4.69) is 17.4 Å². The Hall–Kier alpha value is -2.16. The fraction of sp³-hybridized carbons (Fsp3) is 0.350. The molecule has 1 N–H and O–H groups in total. The third-order valence-electron chi connectivity index (χ3n) is 5.27. The average Bonchev–Trinajstić information content (AvgIpc) is 3.48. The molecule has 0 radical (unpaired) electrons. The molecule has 2 atom stereocenters. The Morgan fingerprint density at radius 3 is 2.48 bits per heavy atom. The molecule has 0 aromatic heterocycles. The van der Waals surface area contributed by atoms with Gasteiger partial charge in [0.2, 0.25) is 5.91 Å². The Bertz CT molecular complexity index is 723. The highest BCUT2D eigenvalue weighted by atomic mass is 19.1. The van der Waals surface area contributed by atoms with Gasteiger partial charge in [-0.2, -0.15) is 0 Å². The van der Waals surface area contributed by atoms with Crippen LogP contribution in [0.25, 0.3) is 0 Å². The molecular weight excluding hydrogens is 289 g/mol. The molecule has 2 nitrogen and oxygen atoms in total. The van der Waals surface area contributed by atoms with E-state index in [4.69, 9.17) is 0 Å². The van der Waals surface area contributed by atoms with Crippen LogP contribution in [0.3, 0.4) is 0 Å². The lowest BCUT2D eigenvalue weighted by Gasteiger charge is -2.16. The molecule has 0 heterocycles. The van der Waals surface area contributed by atoms with Gasteiger partial charge in [-0.15, -0.1) is 0 Å². The molecule has 2 aliphatic carbocycles. The second kappa shape index (κ2) is 5.48. The monoisotopic (exact) mass is 309 g/mol. The minimum absolute atomic E-state index is 0.0445. The summed E-state index contributed by atoms with van der Waals surface area (Å²) in [5, 5.41) is 3.10. The van der Waals surface area contributed by atoms with E-state index in [1.807, 2.05) is 24.3 Å². The molecule has 4 rings (SSSR count). The molecule has 2 aromatic carbocycles. The molecule has 0 saturated heterocycles. The first-order chi connectivity index (χ1) is 11.2. The minimum atomic E-state index is -0.198. The number of hydrogen-bond acceptors (Lipinski definition) is 1. The van der Waals surface area contributed by atoms with E-state index in [0.717, 1.165) is 19.3 Å². The Morgan fingerprint density at radius 2 is 1.78 bits per heavy atom. The van der Waals surface area contributed by atoms with Crippen LogP contribution in [0.5, 0.6) is 0 Å². The van der Waals surface area contributed by atoms with Crippen LogP contribution < -0.4 is 5.32 Å². The van der Waals surface area contributed by atoms with Gasteiger partial charge in [0.25, 0.3) is 0 Å². The largest absolute Gasteiger partial charge is 0.355 e. The summed E-state index contributed by atoms with van der Waals surface area (Å²) in [7, 11) is 0. The lowest BCUT2D eigenvalue weighted by Crippen LogP contribution is -2.33. The van der Waals surface area contributed by atoms with Crippen LogP contribution in [0.15, 0.2) is 54.6 Å². The zero-order valence-electron chi connectivity index (χ0n) is 13.0. The number of rotatable bonds is 5. The second-order valence-corrected chi connectivity index (χ2v) is 6.83. The van der Waals surface area contributed by atoms with Gasteiger partial charge in [-0.3, -0.25) is 4.79 Å². The standard InChI is InChI=1S/C20H20FNO/c21-18-9-5-4-8-15(18)16-12-17(16)19(23)22-13-20(10-11-20)14-6-2-1-3-7-14/h1-9,16-17H,10-13H2,(H,22,23). The Morgan fingerprint density at radius 1 is 1.09 bits per heavy atom. The van der Waals surface area contributed by atoms with Gasteiger partial charge in [0.15, 0.2) is 0 Å². The van der Waals surface area contributed by atoms with Crippen LogP contribution in [0.1, 0.15) is 36.3 Å². The van der Waals surface area contributed by atoms with Crippen LogP contribution in [-0.2, 0) is 10.2 Å². The van der Waals surface area contributed by atoms with Gasteiger partial charge in [0.05, 0.1) is 0 Å². The summed E-state index contributed by atoms with van der Waals surface area (Å²) >= 11 is 0. The van der Waals surface area contributed by atoms with Gasteiger partial charge in [0.1, 0.15) is 5.82 Å². The van der Waals surface area contributed by atoms with Crippen molar-refractivity contribution in [3.8, 4) is 0 Å². The quantitative estimate of drug-likeness (QED) is 0.895. The third-order valence-corrected chi connectivity index (χ3v) is 5.27. The molecule has 0 spiro atoms. The molecule has 3 heteroatoms. The van der Waals surface area contributed by atoms with E-state index in [-0.39, 0.29) is 29.0 Å². The number of carbonyl (C=O) groups excluding carboxylic acids is 1. The fourth-order valence-corrected chi connectivity index (χ4v) is 3.50. The van der Waals surface area contributed by atoms with Crippen molar-refractivity contribution >= 4 is 5.91 Å². The number of benzene rings is 2. The van der Waals surface area contributed by atoms with Crippen LogP contribution in [0, 0.1) is 11.7 Å². The van der Waals surface area contributed by atoms with E-state index in [9.17, 15) is 9.18 Å². The van der Waals surface area contributed by atoms with Crippen molar-refractivity contribution in [2.45, 2.75) is 30.6 Å². The number of hydrogen-bond donors (Lipinski definition) is 1. The van der Waals surface area contributed by atoms with Gasteiger partial charge in [-0.25, -0.2) is 4.39 Å². The predicted molar refractivity (Wildman–Crippen MR) is 87.6 cm³/mol. The Labute approximate surface area is 135 Å². The van der Waals surface area contributed by atoms with Gasteiger partial charge < -0.3 is 5.32 Å².